The van der Waals surface area contributed by atoms with Crippen LogP contribution in [0.25, 0.3) is 0 Å². The molecule has 0 saturated heterocycles. The van der Waals surface area contributed by atoms with Gasteiger partial charge in [-0.05, 0) is 19.9 Å². The van der Waals surface area contributed by atoms with Gasteiger partial charge in [0.05, 0.1) is 7.11 Å². The van der Waals surface area contributed by atoms with Crippen LogP contribution in [0.2, 0.25) is 0 Å². The molecule has 1 rings (SSSR count). The van der Waals surface area contributed by atoms with Crippen LogP contribution in [0.15, 0.2) is 24.3 Å². The Hall–Kier alpha value is -0.670. The van der Waals surface area contributed by atoms with Crippen LogP contribution in [0, 0.1) is 0 Å². The summed E-state index contributed by atoms with van der Waals surface area (Å²) in [5.74, 6) is 2.86. The van der Waals surface area contributed by atoms with Crippen molar-refractivity contribution in [3.63, 3.8) is 0 Å². The first kappa shape index (κ1) is 12.4. The van der Waals surface area contributed by atoms with Crippen molar-refractivity contribution in [2.75, 3.05) is 12.9 Å². The summed E-state index contributed by atoms with van der Waals surface area (Å²) in [6, 6.07) is 8.10. The quantitative estimate of drug-likeness (QED) is 0.836. The lowest BCUT2D eigenvalue weighted by atomic mass is 10.1. The maximum atomic E-state index is 5.92. The first-order chi connectivity index (χ1) is 7.03. The SMILES string of the molecule is COc1ccccc1CSCC(C)(C)N. The first-order valence-electron chi connectivity index (χ1n) is 5.01. The van der Waals surface area contributed by atoms with Crippen LogP contribution >= 0.6 is 11.8 Å². The van der Waals surface area contributed by atoms with E-state index in [2.05, 4.69) is 6.07 Å². The molecule has 0 heterocycles. The molecule has 0 radical (unpaired) electrons. The molecule has 1 aromatic rings. The van der Waals surface area contributed by atoms with Gasteiger partial charge >= 0.3 is 0 Å². The lowest BCUT2D eigenvalue weighted by Crippen LogP contribution is -2.34. The Morgan fingerprint density at radius 3 is 2.60 bits per heavy atom. The topological polar surface area (TPSA) is 35.2 Å². The summed E-state index contributed by atoms with van der Waals surface area (Å²) in [5.41, 5.74) is 7.04. The predicted molar refractivity (Wildman–Crippen MR) is 67.4 cm³/mol. The Labute approximate surface area is 96.2 Å². The fourth-order valence-electron chi connectivity index (χ4n) is 1.25. The van der Waals surface area contributed by atoms with E-state index in [1.807, 2.05) is 43.8 Å². The van der Waals surface area contributed by atoms with E-state index in [0.29, 0.717) is 0 Å². The molecular formula is C12H19NOS. The van der Waals surface area contributed by atoms with E-state index in [-0.39, 0.29) is 5.54 Å². The van der Waals surface area contributed by atoms with E-state index in [4.69, 9.17) is 10.5 Å². The standard InChI is InChI=1S/C12H19NOS/c1-12(2,13)9-15-8-10-6-4-5-7-11(10)14-3/h4-7H,8-9,13H2,1-3H3. The van der Waals surface area contributed by atoms with E-state index in [0.717, 1.165) is 17.3 Å². The number of para-hydroxylation sites is 1. The van der Waals surface area contributed by atoms with Crippen LogP contribution in [0.3, 0.4) is 0 Å². The number of rotatable bonds is 5. The third kappa shape index (κ3) is 4.58. The van der Waals surface area contributed by atoms with Gasteiger partial charge in [-0.3, -0.25) is 0 Å². The first-order valence-corrected chi connectivity index (χ1v) is 6.17. The number of ether oxygens (including phenoxy) is 1. The Morgan fingerprint density at radius 1 is 1.33 bits per heavy atom. The Balaban J connectivity index is 2.50. The Bertz CT molecular complexity index is 307. The van der Waals surface area contributed by atoms with E-state index >= 15 is 0 Å². The second kappa shape index (κ2) is 5.42. The number of hydrogen-bond acceptors (Lipinski definition) is 3. The van der Waals surface area contributed by atoms with Crippen LogP contribution < -0.4 is 10.5 Å². The molecule has 0 aliphatic heterocycles. The van der Waals surface area contributed by atoms with Gasteiger partial charge in [-0.2, -0.15) is 11.8 Å². The van der Waals surface area contributed by atoms with E-state index < -0.39 is 0 Å². The summed E-state index contributed by atoms with van der Waals surface area (Å²) in [5, 5.41) is 0. The maximum Gasteiger partial charge on any atom is 0.122 e. The molecule has 84 valence electrons. The van der Waals surface area contributed by atoms with Crippen molar-refractivity contribution in [2.45, 2.75) is 25.1 Å². The molecule has 2 N–H and O–H groups in total. The summed E-state index contributed by atoms with van der Waals surface area (Å²) < 4.78 is 5.28. The van der Waals surface area contributed by atoms with Crippen LogP contribution in [0.4, 0.5) is 0 Å². The highest BCUT2D eigenvalue weighted by Crippen LogP contribution is 2.23. The van der Waals surface area contributed by atoms with Gasteiger partial charge in [0.15, 0.2) is 0 Å². The van der Waals surface area contributed by atoms with Crippen molar-refractivity contribution in [1.82, 2.24) is 0 Å². The molecule has 3 heteroatoms. The summed E-state index contributed by atoms with van der Waals surface area (Å²) in [4.78, 5) is 0. The van der Waals surface area contributed by atoms with Gasteiger partial charge in [-0.15, -0.1) is 0 Å². The molecule has 0 aliphatic carbocycles. The summed E-state index contributed by atoms with van der Waals surface area (Å²) in [6.07, 6.45) is 0. The highest BCUT2D eigenvalue weighted by molar-refractivity contribution is 7.98. The summed E-state index contributed by atoms with van der Waals surface area (Å²) >= 11 is 1.84. The minimum absolute atomic E-state index is 0.104. The molecular weight excluding hydrogens is 206 g/mol. The fourth-order valence-corrected chi connectivity index (χ4v) is 2.33. The molecule has 0 amide bonds. The predicted octanol–water partition coefficient (Wildman–Crippen LogP) is 2.67. The van der Waals surface area contributed by atoms with Crippen molar-refractivity contribution in [2.24, 2.45) is 5.73 Å². The smallest absolute Gasteiger partial charge is 0.122 e. The highest BCUT2D eigenvalue weighted by atomic mass is 32.2. The zero-order chi connectivity index (χ0) is 11.3. The van der Waals surface area contributed by atoms with Crippen molar-refractivity contribution >= 4 is 11.8 Å². The van der Waals surface area contributed by atoms with Gasteiger partial charge in [0.25, 0.3) is 0 Å². The second-order valence-corrected chi connectivity index (χ2v) is 5.28. The van der Waals surface area contributed by atoms with Gasteiger partial charge in [0.1, 0.15) is 5.75 Å². The van der Waals surface area contributed by atoms with Crippen molar-refractivity contribution in [3.8, 4) is 5.75 Å². The molecule has 0 aliphatic rings. The number of nitrogens with two attached hydrogens (primary N) is 1. The second-order valence-electron chi connectivity index (χ2n) is 4.29. The van der Waals surface area contributed by atoms with E-state index in [9.17, 15) is 0 Å². The van der Waals surface area contributed by atoms with E-state index in [1.165, 1.54) is 5.56 Å². The molecule has 2 nitrogen and oxygen atoms in total. The average molecular weight is 225 g/mol. The molecule has 0 spiro atoms. The largest absolute Gasteiger partial charge is 0.496 e. The molecule has 1 aromatic carbocycles. The third-order valence-corrected chi connectivity index (χ3v) is 3.39. The normalized spacial score (nSPS) is 11.5. The van der Waals surface area contributed by atoms with Crippen molar-refractivity contribution in [1.29, 1.82) is 0 Å². The van der Waals surface area contributed by atoms with Gasteiger partial charge in [0, 0.05) is 22.6 Å². The maximum absolute atomic E-state index is 5.92. The number of benzene rings is 1. The van der Waals surface area contributed by atoms with Crippen molar-refractivity contribution in [3.05, 3.63) is 29.8 Å². The molecule has 0 atom stereocenters. The fraction of sp³-hybridized carbons (Fsp3) is 0.500. The average Bonchev–Trinajstić information content (AvgIpc) is 2.16. The lowest BCUT2D eigenvalue weighted by molar-refractivity contribution is 0.411. The summed E-state index contributed by atoms with van der Waals surface area (Å²) in [6.45, 7) is 4.09. The third-order valence-electron chi connectivity index (χ3n) is 1.92. The van der Waals surface area contributed by atoms with Crippen LogP contribution in [-0.4, -0.2) is 18.4 Å². The molecule has 0 aromatic heterocycles. The zero-order valence-electron chi connectivity index (χ0n) is 9.62. The number of hydrogen-bond donors (Lipinski definition) is 1. The molecule has 15 heavy (non-hydrogen) atoms. The van der Waals surface area contributed by atoms with Crippen LogP contribution in [0.1, 0.15) is 19.4 Å². The molecule has 0 saturated carbocycles. The van der Waals surface area contributed by atoms with E-state index in [1.54, 1.807) is 7.11 Å². The molecule has 0 fully saturated rings. The number of thioether (sulfide) groups is 1. The minimum atomic E-state index is -0.104. The van der Waals surface area contributed by atoms with Gasteiger partial charge < -0.3 is 10.5 Å². The van der Waals surface area contributed by atoms with Crippen molar-refractivity contribution < 1.29 is 4.74 Å². The monoisotopic (exact) mass is 225 g/mol. The summed E-state index contributed by atoms with van der Waals surface area (Å²) in [7, 11) is 1.70. The Kier molecular flexibility index (Phi) is 4.48. The van der Waals surface area contributed by atoms with Gasteiger partial charge in [0.2, 0.25) is 0 Å². The lowest BCUT2D eigenvalue weighted by Gasteiger charge is -2.17. The van der Waals surface area contributed by atoms with Gasteiger partial charge in [-0.1, -0.05) is 18.2 Å². The van der Waals surface area contributed by atoms with Crippen LogP contribution in [0.5, 0.6) is 5.75 Å². The Morgan fingerprint density at radius 2 is 2.00 bits per heavy atom. The minimum Gasteiger partial charge on any atom is -0.496 e. The van der Waals surface area contributed by atoms with Crippen LogP contribution in [-0.2, 0) is 5.75 Å². The molecule has 0 bridgehead atoms. The highest BCUT2D eigenvalue weighted by Gasteiger charge is 2.11. The molecule has 0 unspecified atom stereocenters. The zero-order valence-corrected chi connectivity index (χ0v) is 10.4. The number of methoxy groups -OCH3 is 1. The van der Waals surface area contributed by atoms with Gasteiger partial charge in [-0.25, -0.2) is 0 Å².